The van der Waals surface area contributed by atoms with Crippen molar-refractivity contribution in [3.05, 3.63) is 70.3 Å². The van der Waals surface area contributed by atoms with Gasteiger partial charge in [0.05, 0.1) is 0 Å². The minimum atomic E-state index is -0.0337. The van der Waals surface area contributed by atoms with Crippen molar-refractivity contribution in [2.45, 2.75) is 53.2 Å². The van der Waals surface area contributed by atoms with Gasteiger partial charge in [-0.15, -0.1) is 24.0 Å². The molecule has 0 spiro atoms. The van der Waals surface area contributed by atoms with Crippen molar-refractivity contribution in [1.82, 2.24) is 16.0 Å². The summed E-state index contributed by atoms with van der Waals surface area (Å²) in [5.41, 5.74) is 5.49. The van der Waals surface area contributed by atoms with Crippen molar-refractivity contribution in [2.24, 2.45) is 4.99 Å². The molecule has 0 bridgehead atoms. The van der Waals surface area contributed by atoms with Crippen LogP contribution in [0.15, 0.2) is 47.5 Å². The van der Waals surface area contributed by atoms with Crippen LogP contribution in [0.2, 0.25) is 0 Å². The van der Waals surface area contributed by atoms with Gasteiger partial charge in [0.1, 0.15) is 0 Å². The van der Waals surface area contributed by atoms with E-state index in [1.807, 2.05) is 31.2 Å². The molecule has 1 amide bonds. The van der Waals surface area contributed by atoms with Gasteiger partial charge < -0.3 is 16.0 Å². The number of benzene rings is 2. The molecule has 1 atom stereocenters. The SMILES string of the molecule is CCC(C)NC(=O)c1cccc(CNC(=NC)NCc2ccc(C)cc2C)c1.I. The highest BCUT2D eigenvalue weighted by Crippen LogP contribution is 2.10. The Bertz CT molecular complexity index is 835. The third-order valence-corrected chi connectivity index (χ3v) is 4.81. The molecule has 2 aromatic rings. The van der Waals surface area contributed by atoms with Gasteiger partial charge in [0.2, 0.25) is 0 Å². The number of halogens is 1. The summed E-state index contributed by atoms with van der Waals surface area (Å²) in [7, 11) is 1.76. The Labute approximate surface area is 191 Å². The molecule has 0 fully saturated rings. The molecule has 29 heavy (non-hydrogen) atoms. The molecule has 0 aromatic heterocycles. The molecule has 2 rings (SSSR count). The molecule has 0 saturated carbocycles. The first-order chi connectivity index (χ1) is 13.4. The van der Waals surface area contributed by atoms with Crippen LogP contribution in [0.1, 0.15) is 52.9 Å². The van der Waals surface area contributed by atoms with Crippen LogP contribution in [0.3, 0.4) is 0 Å². The summed E-state index contributed by atoms with van der Waals surface area (Å²) in [6.45, 7) is 9.59. The molecule has 5 nitrogen and oxygen atoms in total. The largest absolute Gasteiger partial charge is 0.352 e. The lowest BCUT2D eigenvalue weighted by molar-refractivity contribution is 0.0939. The van der Waals surface area contributed by atoms with E-state index in [4.69, 9.17) is 0 Å². The van der Waals surface area contributed by atoms with E-state index in [1.54, 1.807) is 7.05 Å². The molecule has 0 aliphatic heterocycles. The number of carbonyl (C=O) groups is 1. The predicted octanol–water partition coefficient (Wildman–Crippen LogP) is 4.31. The van der Waals surface area contributed by atoms with Crippen molar-refractivity contribution in [3.8, 4) is 0 Å². The van der Waals surface area contributed by atoms with Crippen molar-refractivity contribution in [1.29, 1.82) is 0 Å². The molecule has 6 heteroatoms. The minimum Gasteiger partial charge on any atom is -0.352 e. The Balaban J connectivity index is 0.00000420. The Kier molecular flexibility index (Phi) is 10.7. The lowest BCUT2D eigenvalue weighted by atomic mass is 10.1. The fourth-order valence-electron chi connectivity index (χ4n) is 2.86. The Morgan fingerprint density at radius 3 is 2.45 bits per heavy atom. The van der Waals surface area contributed by atoms with Crippen LogP contribution in [-0.4, -0.2) is 25.0 Å². The smallest absolute Gasteiger partial charge is 0.251 e. The summed E-state index contributed by atoms with van der Waals surface area (Å²) in [5, 5.41) is 9.66. The molecule has 0 heterocycles. The number of hydrogen-bond acceptors (Lipinski definition) is 2. The van der Waals surface area contributed by atoms with Crippen molar-refractivity contribution < 1.29 is 4.79 Å². The Morgan fingerprint density at radius 1 is 1.07 bits per heavy atom. The van der Waals surface area contributed by atoms with E-state index < -0.39 is 0 Å². The molecule has 0 aliphatic rings. The first-order valence-electron chi connectivity index (χ1n) is 9.83. The Hall–Kier alpha value is -2.09. The van der Waals surface area contributed by atoms with Crippen LogP contribution >= 0.6 is 24.0 Å². The van der Waals surface area contributed by atoms with Crippen LogP contribution in [0, 0.1) is 13.8 Å². The van der Waals surface area contributed by atoms with E-state index in [0.717, 1.165) is 17.9 Å². The van der Waals surface area contributed by atoms with Crippen LogP contribution in [0.25, 0.3) is 0 Å². The van der Waals surface area contributed by atoms with Gasteiger partial charge in [-0.25, -0.2) is 0 Å². The van der Waals surface area contributed by atoms with Crippen LogP contribution in [0.5, 0.6) is 0 Å². The number of aliphatic imine (C=N–C) groups is 1. The highest BCUT2D eigenvalue weighted by atomic mass is 127. The first-order valence-corrected chi connectivity index (χ1v) is 9.83. The normalized spacial score (nSPS) is 12.0. The standard InChI is InChI=1S/C23H32N4O.HI/c1-6-18(4)27-22(28)20-9-7-8-19(13-20)14-25-23(24-5)26-15-21-11-10-16(2)12-17(21)3;/h7-13,18H,6,14-15H2,1-5H3,(H,27,28)(H2,24,25,26);1H. The molecule has 1 unspecified atom stereocenters. The van der Waals surface area contributed by atoms with E-state index in [1.165, 1.54) is 16.7 Å². The second-order valence-corrected chi connectivity index (χ2v) is 7.19. The van der Waals surface area contributed by atoms with Gasteiger partial charge in [-0.1, -0.05) is 42.8 Å². The van der Waals surface area contributed by atoms with Gasteiger partial charge in [0.15, 0.2) is 5.96 Å². The number of nitrogens with zero attached hydrogens (tertiary/aromatic N) is 1. The van der Waals surface area contributed by atoms with Crippen molar-refractivity contribution in [2.75, 3.05) is 7.05 Å². The quantitative estimate of drug-likeness (QED) is 0.297. The van der Waals surface area contributed by atoms with E-state index in [2.05, 4.69) is 59.9 Å². The average molecular weight is 508 g/mol. The summed E-state index contributed by atoms with van der Waals surface area (Å²) < 4.78 is 0. The second-order valence-electron chi connectivity index (χ2n) is 7.19. The highest BCUT2D eigenvalue weighted by molar-refractivity contribution is 14.0. The van der Waals surface area contributed by atoms with E-state index in [0.29, 0.717) is 18.7 Å². The first kappa shape index (κ1) is 24.9. The molecule has 0 radical (unpaired) electrons. The molecule has 0 aliphatic carbocycles. The molecule has 158 valence electrons. The zero-order chi connectivity index (χ0) is 20.5. The zero-order valence-electron chi connectivity index (χ0n) is 18.0. The van der Waals surface area contributed by atoms with Gasteiger partial charge in [0.25, 0.3) is 5.91 Å². The molecule has 0 saturated heterocycles. The van der Waals surface area contributed by atoms with Crippen molar-refractivity contribution in [3.63, 3.8) is 0 Å². The summed E-state index contributed by atoms with van der Waals surface area (Å²) in [5.74, 6) is 0.697. The number of rotatable bonds is 7. The lowest BCUT2D eigenvalue weighted by Gasteiger charge is -2.14. The monoisotopic (exact) mass is 508 g/mol. The Morgan fingerprint density at radius 2 is 1.79 bits per heavy atom. The van der Waals surface area contributed by atoms with E-state index in [9.17, 15) is 4.79 Å². The van der Waals surface area contributed by atoms with Gasteiger partial charge >= 0.3 is 0 Å². The molecule has 2 aromatic carbocycles. The summed E-state index contributed by atoms with van der Waals surface area (Å²) in [4.78, 5) is 16.6. The van der Waals surface area contributed by atoms with Gasteiger partial charge in [-0.3, -0.25) is 9.79 Å². The molecular formula is C23H33IN4O. The highest BCUT2D eigenvalue weighted by Gasteiger charge is 2.09. The van der Waals surface area contributed by atoms with Crippen LogP contribution < -0.4 is 16.0 Å². The van der Waals surface area contributed by atoms with Crippen LogP contribution in [0.4, 0.5) is 0 Å². The summed E-state index contributed by atoms with van der Waals surface area (Å²) >= 11 is 0. The molecule has 3 N–H and O–H groups in total. The van der Waals surface area contributed by atoms with Crippen molar-refractivity contribution >= 4 is 35.8 Å². The molecular weight excluding hydrogens is 475 g/mol. The predicted molar refractivity (Wildman–Crippen MR) is 132 cm³/mol. The number of amides is 1. The number of carbonyl (C=O) groups excluding carboxylic acids is 1. The summed E-state index contributed by atoms with van der Waals surface area (Å²) in [6.07, 6.45) is 0.912. The number of hydrogen-bond donors (Lipinski definition) is 3. The zero-order valence-corrected chi connectivity index (χ0v) is 20.3. The maximum absolute atomic E-state index is 12.3. The third-order valence-electron chi connectivity index (χ3n) is 4.81. The number of nitrogens with one attached hydrogen (secondary N) is 3. The van der Waals surface area contributed by atoms with E-state index >= 15 is 0 Å². The van der Waals surface area contributed by atoms with Crippen LogP contribution in [-0.2, 0) is 13.1 Å². The topological polar surface area (TPSA) is 65.5 Å². The average Bonchev–Trinajstić information content (AvgIpc) is 2.69. The van der Waals surface area contributed by atoms with Gasteiger partial charge in [0, 0.05) is 31.7 Å². The van der Waals surface area contributed by atoms with Gasteiger partial charge in [-0.05, 0) is 56.0 Å². The third kappa shape index (κ3) is 8.04. The van der Waals surface area contributed by atoms with E-state index in [-0.39, 0.29) is 35.9 Å². The minimum absolute atomic E-state index is 0. The maximum Gasteiger partial charge on any atom is 0.251 e. The lowest BCUT2D eigenvalue weighted by Crippen LogP contribution is -2.36. The number of guanidine groups is 1. The summed E-state index contributed by atoms with van der Waals surface area (Å²) in [6, 6.07) is 14.3. The fourth-order valence-corrected chi connectivity index (χ4v) is 2.86. The fraction of sp³-hybridized carbons (Fsp3) is 0.391. The second kappa shape index (κ2) is 12.5. The van der Waals surface area contributed by atoms with Gasteiger partial charge in [-0.2, -0.15) is 0 Å². The number of aryl methyl sites for hydroxylation is 2. The maximum atomic E-state index is 12.3.